The SMILES string of the molecule is COc1ccc(CNC(=O)c2ccc(Br)cc2)cn1. The maximum absolute atomic E-state index is 11.9. The van der Waals surface area contributed by atoms with E-state index in [2.05, 4.69) is 26.2 Å². The molecule has 0 aliphatic heterocycles. The standard InChI is InChI=1S/C14H13BrN2O2/c1-19-13-7-2-10(8-16-13)9-17-14(18)11-3-5-12(15)6-4-11/h2-8H,9H2,1H3,(H,17,18). The van der Waals surface area contributed by atoms with Crippen molar-refractivity contribution in [3.63, 3.8) is 0 Å². The van der Waals surface area contributed by atoms with Crippen molar-refractivity contribution >= 4 is 21.8 Å². The van der Waals surface area contributed by atoms with Gasteiger partial charge in [0.25, 0.3) is 5.91 Å². The second kappa shape index (κ2) is 6.33. The highest BCUT2D eigenvalue weighted by Crippen LogP contribution is 2.11. The van der Waals surface area contributed by atoms with Crippen molar-refractivity contribution in [1.82, 2.24) is 10.3 Å². The van der Waals surface area contributed by atoms with E-state index < -0.39 is 0 Å². The molecule has 0 bridgehead atoms. The number of ether oxygens (including phenoxy) is 1. The molecule has 0 unspecified atom stereocenters. The molecule has 0 spiro atoms. The van der Waals surface area contributed by atoms with E-state index in [0.29, 0.717) is 18.0 Å². The van der Waals surface area contributed by atoms with Crippen LogP contribution in [0.25, 0.3) is 0 Å². The van der Waals surface area contributed by atoms with Crippen LogP contribution in [-0.4, -0.2) is 18.0 Å². The summed E-state index contributed by atoms with van der Waals surface area (Å²) >= 11 is 3.33. The van der Waals surface area contributed by atoms with Gasteiger partial charge < -0.3 is 10.1 Å². The fourth-order valence-corrected chi connectivity index (χ4v) is 1.79. The van der Waals surface area contributed by atoms with E-state index >= 15 is 0 Å². The molecular formula is C14H13BrN2O2. The first kappa shape index (κ1) is 13.5. The Balaban J connectivity index is 1.94. The maximum Gasteiger partial charge on any atom is 0.251 e. The average Bonchev–Trinajstić information content (AvgIpc) is 2.46. The molecular weight excluding hydrogens is 308 g/mol. The predicted octanol–water partition coefficient (Wildman–Crippen LogP) is 2.78. The molecule has 1 N–H and O–H groups in total. The minimum Gasteiger partial charge on any atom is -0.481 e. The van der Waals surface area contributed by atoms with Gasteiger partial charge >= 0.3 is 0 Å². The smallest absolute Gasteiger partial charge is 0.251 e. The minimum absolute atomic E-state index is 0.108. The lowest BCUT2D eigenvalue weighted by molar-refractivity contribution is 0.0951. The highest BCUT2D eigenvalue weighted by atomic mass is 79.9. The summed E-state index contributed by atoms with van der Waals surface area (Å²) in [5.41, 5.74) is 1.55. The number of carbonyl (C=O) groups is 1. The zero-order chi connectivity index (χ0) is 13.7. The third-order valence-corrected chi connectivity index (χ3v) is 3.09. The van der Waals surface area contributed by atoms with E-state index in [0.717, 1.165) is 10.0 Å². The van der Waals surface area contributed by atoms with E-state index in [1.54, 1.807) is 31.5 Å². The van der Waals surface area contributed by atoms with Crippen molar-refractivity contribution < 1.29 is 9.53 Å². The minimum atomic E-state index is -0.108. The van der Waals surface area contributed by atoms with Crippen LogP contribution in [0.1, 0.15) is 15.9 Å². The van der Waals surface area contributed by atoms with Gasteiger partial charge in [-0.15, -0.1) is 0 Å². The molecule has 2 rings (SSSR count). The number of aromatic nitrogens is 1. The number of nitrogens with one attached hydrogen (secondary N) is 1. The lowest BCUT2D eigenvalue weighted by Gasteiger charge is -2.06. The number of methoxy groups -OCH3 is 1. The summed E-state index contributed by atoms with van der Waals surface area (Å²) in [6, 6.07) is 10.8. The summed E-state index contributed by atoms with van der Waals surface area (Å²) in [6.07, 6.45) is 1.68. The largest absolute Gasteiger partial charge is 0.481 e. The number of pyridine rings is 1. The van der Waals surface area contributed by atoms with Gasteiger partial charge in [0.15, 0.2) is 0 Å². The summed E-state index contributed by atoms with van der Waals surface area (Å²) in [5, 5.41) is 2.84. The molecule has 98 valence electrons. The Bertz CT molecular complexity index is 553. The topological polar surface area (TPSA) is 51.2 Å². The quantitative estimate of drug-likeness (QED) is 0.942. The third kappa shape index (κ3) is 3.79. The summed E-state index contributed by atoms with van der Waals surface area (Å²) < 4.78 is 5.92. The molecule has 2 aromatic rings. The predicted molar refractivity (Wildman–Crippen MR) is 76.1 cm³/mol. The zero-order valence-corrected chi connectivity index (χ0v) is 12.0. The number of amides is 1. The number of hydrogen-bond acceptors (Lipinski definition) is 3. The molecule has 1 aromatic carbocycles. The fourth-order valence-electron chi connectivity index (χ4n) is 1.52. The number of carbonyl (C=O) groups excluding carboxylic acids is 1. The Hall–Kier alpha value is -1.88. The first-order chi connectivity index (χ1) is 9.19. The molecule has 4 nitrogen and oxygen atoms in total. The fraction of sp³-hybridized carbons (Fsp3) is 0.143. The van der Waals surface area contributed by atoms with Crippen LogP contribution in [0.3, 0.4) is 0 Å². The normalized spacial score (nSPS) is 10.0. The first-order valence-electron chi connectivity index (χ1n) is 5.72. The Morgan fingerprint density at radius 3 is 2.58 bits per heavy atom. The Morgan fingerprint density at radius 2 is 2.00 bits per heavy atom. The van der Waals surface area contributed by atoms with Gasteiger partial charge in [0.05, 0.1) is 7.11 Å². The lowest BCUT2D eigenvalue weighted by Crippen LogP contribution is -2.22. The lowest BCUT2D eigenvalue weighted by atomic mass is 10.2. The second-order valence-corrected chi connectivity index (χ2v) is 4.81. The van der Waals surface area contributed by atoms with E-state index in [9.17, 15) is 4.79 Å². The van der Waals surface area contributed by atoms with Crippen LogP contribution < -0.4 is 10.1 Å². The van der Waals surface area contributed by atoms with E-state index in [4.69, 9.17) is 4.74 Å². The monoisotopic (exact) mass is 320 g/mol. The van der Waals surface area contributed by atoms with Crippen molar-refractivity contribution in [2.45, 2.75) is 6.54 Å². The number of nitrogens with zero attached hydrogens (tertiary/aromatic N) is 1. The molecule has 1 amide bonds. The van der Waals surface area contributed by atoms with Gasteiger partial charge in [0, 0.05) is 28.8 Å². The van der Waals surface area contributed by atoms with E-state index in [-0.39, 0.29) is 5.91 Å². The van der Waals surface area contributed by atoms with Crippen molar-refractivity contribution in [1.29, 1.82) is 0 Å². The number of rotatable bonds is 4. The van der Waals surface area contributed by atoms with Gasteiger partial charge in [0.2, 0.25) is 5.88 Å². The van der Waals surface area contributed by atoms with Crippen LogP contribution in [0.2, 0.25) is 0 Å². The zero-order valence-electron chi connectivity index (χ0n) is 10.4. The van der Waals surface area contributed by atoms with Crippen molar-refractivity contribution in [3.8, 4) is 5.88 Å². The van der Waals surface area contributed by atoms with Crippen molar-refractivity contribution in [2.75, 3.05) is 7.11 Å². The first-order valence-corrected chi connectivity index (χ1v) is 6.51. The van der Waals surface area contributed by atoms with Crippen molar-refractivity contribution in [2.24, 2.45) is 0 Å². The molecule has 0 fully saturated rings. The third-order valence-electron chi connectivity index (χ3n) is 2.57. The highest BCUT2D eigenvalue weighted by molar-refractivity contribution is 9.10. The van der Waals surface area contributed by atoms with E-state index in [1.165, 1.54) is 0 Å². The summed E-state index contributed by atoms with van der Waals surface area (Å²) in [5.74, 6) is 0.450. The van der Waals surface area contributed by atoms with Gasteiger partial charge in [-0.3, -0.25) is 4.79 Å². The van der Waals surface area contributed by atoms with Crippen LogP contribution >= 0.6 is 15.9 Å². The number of hydrogen-bond donors (Lipinski definition) is 1. The molecule has 0 atom stereocenters. The Morgan fingerprint density at radius 1 is 1.26 bits per heavy atom. The van der Waals surface area contributed by atoms with Gasteiger partial charge in [-0.2, -0.15) is 0 Å². The van der Waals surface area contributed by atoms with Gasteiger partial charge in [-0.1, -0.05) is 22.0 Å². The van der Waals surface area contributed by atoms with Crippen LogP contribution in [0.5, 0.6) is 5.88 Å². The molecule has 0 saturated carbocycles. The molecule has 0 radical (unpaired) electrons. The van der Waals surface area contributed by atoms with Crippen LogP contribution in [0, 0.1) is 0 Å². The van der Waals surface area contributed by atoms with Gasteiger partial charge in [-0.25, -0.2) is 4.98 Å². The molecule has 1 heterocycles. The van der Waals surface area contributed by atoms with E-state index in [1.807, 2.05) is 18.2 Å². The molecule has 0 aliphatic rings. The van der Waals surface area contributed by atoms with Crippen LogP contribution in [0.15, 0.2) is 47.1 Å². The number of benzene rings is 1. The van der Waals surface area contributed by atoms with Crippen LogP contribution in [-0.2, 0) is 6.54 Å². The molecule has 0 saturated heterocycles. The summed E-state index contributed by atoms with van der Waals surface area (Å²) in [4.78, 5) is 16.0. The molecule has 0 aliphatic carbocycles. The maximum atomic E-state index is 11.9. The molecule has 19 heavy (non-hydrogen) atoms. The molecule has 1 aromatic heterocycles. The number of halogens is 1. The van der Waals surface area contributed by atoms with Crippen molar-refractivity contribution in [3.05, 3.63) is 58.2 Å². The summed E-state index contributed by atoms with van der Waals surface area (Å²) in [6.45, 7) is 0.436. The van der Waals surface area contributed by atoms with Crippen LogP contribution in [0.4, 0.5) is 0 Å². The second-order valence-electron chi connectivity index (χ2n) is 3.90. The van der Waals surface area contributed by atoms with Gasteiger partial charge in [0.1, 0.15) is 0 Å². The van der Waals surface area contributed by atoms with Gasteiger partial charge in [-0.05, 0) is 29.8 Å². The molecule has 5 heteroatoms. The summed E-state index contributed by atoms with van der Waals surface area (Å²) in [7, 11) is 1.57. The average molecular weight is 321 g/mol. The Kier molecular flexibility index (Phi) is 4.52. The Labute approximate surface area is 119 Å². The highest BCUT2D eigenvalue weighted by Gasteiger charge is 2.05.